The van der Waals surface area contributed by atoms with Gasteiger partial charge < -0.3 is 15.0 Å². The highest BCUT2D eigenvalue weighted by Crippen LogP contribution is 2.12. The summed E-state index contributed by atoms with van der Waals surface area (Å²) in [5.41, 5.74) is 0. The first-order chi connectivity index (χ1) is 7.34. The highest BCUT2D eigenvalue weighted by molar-refractivity contribution is 5.69. The van der Waals surface area contributed by atoms with Crippen molar-refractivity contribution in [3.05, 3.63) is 0 Å². The third-order valence-corrected chi connectivity index (χ3v) is 3.20. The van der Waals surface area contributed by atoms with E-state index in [-0.39, 0.29) is 12.2 Å². The minimum atomic E-state index is -0.252. The van der Waals surface area contributed by atoms with E-state index >= 15 is 0 Å². The summed E-state index contributed by atoms with van der Waals surface area (Å²) in [6, 6.07) is 0. The summed E-state index contributed by atoms with van der Waals surface area (Å²) in [5, 5.41) is 2.68. The van der Waals surface area contributed by atoms with Crippen LogP contribution in [0.25, 0.3) is 0 Å². The lowest BCUT2D eigenvalue weighted by Crippen LogP contribution is -2.31. The molecule has 2 aliphatic heterocycles. The summed E-state index contributed by atoms with van der Waals surface area (Å²) in [7, 11) is 0. The van der Waals surface area contributed by atoms with Gasteiger partial charge in [0.2, 0.25) is 0 Å². The zero-order valence-electron chi connectivity index (χ0n) is 9.21. The largest absolute Gasteiger partial charge is 0.444 e. The van der Waals surface area contributed by atoms with Gasteiger partial charge in [0, 0.05) is 0 Å². The molecular formula is C11H20N2O2. The summed E-state index contributed by atoms with van der Waals surface area (Å²) in [4.78, 5) is 13.3. The average molecular weight is 212 g/mol. The minimum absolute atomic E-state index is 0.113. The number of piperidine rings is 1. The van der Waals surface area contributed by atoms with E-state index in [1.807, 2.05) is 0 Å². The maximum atomic E-state index is 10.8. The number of cyclic esters (lactones) is 1. The third kappa shape index (κ3) is 3.38. The van der Waals surface area contributed by atoms with Crippen LogP contribution in [0.4, 0.5) is 4.79 Å². The molecule has 0 aromatic heterocycles. The summed E-state index contributed by atoms with van der Waals surface area (Å²) < 4.78 is 5.08. The van der Waals surface area contributed by atoms with E-state index in [0.717, 1.165) is 19.4 Å². The molecule has 0 saturated carbocycles. The Balaban J connectivity index is 1.56. The van der Waals surface area contributed by atoms with Crippen molar-refractivity contribution in [1.82, 2.24) is 10.2 Å². The van der Waals surface area contributed by atoms with Gasteiger partial charge in [0.1, 0.15) is 6.10 Å². The minimum Gasteiger partial charge on any atom is -0.444 e. The molecule has 2 heterocycles. The van der Waals surface area contributed by atoms with E-state index in [2.05, 4.69) is 10.2 Å². The highest BCUT2D eigenvalue weighted by atomic mass is 16.6. The predicted molar refractivity (Wildman–Crippen MR) is 57.8 cm³/mol. The molecule has 86 valence electrons. The van der Waals surface area contributed by atoms with Crippen molar-refractivity contribution in [1.29, 1.82) is 0 Å². The number of likely N-dealkylation sites (tertiary alicyclic amines) is 1. The SMILES string of the molecule is O=C1NCC(CCCN2CCCCC2)O1. The molecule has 4 heteroatoms. The fraction of sp³-hybridized carbons (Fsp3) is 0.909. The van der Waals surface area contributed by atoms with Gasteiger partial charge in [-0.25, -0.2) is 4.79 Å². The molecule has 15 heavy (non-hydrogen) atoms. The van der Waals surface area contributed by atoms with Crippen molar-refractivity contribution in [2.24, 2.45) is 0 Å². The van der Waals surface area contributed by atoms with Crippen molar-refractivity contribution in [2.45, 2.75) is 38.2 Å². The molecule has 2 saturated heterocycles. The van der Waals surface area contributed by atoms with Crippen LogP contribution < -0.4 is 5.32 Å². The Morgan fingerprint density at radius 1 is 1.33 bits per heavy atom. The van der Waals surface area contributed by atoms with Crippen LogP contribution in [0.15, 0.2) is 0 Å². The van der Waals surface area contributed by atoms with Gasteiger partial charge in [-0.05, 0) is 45.3 Å². The quantitative estimate of drug-likeness (QED) is 0.765. The van der Waals surface area contributed by atoms with E-state index < -0.39 is 0 Å². The van der Waals surface area contributed by atoms with Gasteiger partial charge >= 0.3 is 6.09 Å². The average Bonchev–Trinajstić information content (AvgIpc) is 2.66. The molecule has 4 nitrogen and oxygen atoms in total. The number of carbonyl (C=O) groups is 1. The number of amides is 1. The molecule has 1 amide bonds. The van der Waals surface area contributed by atoms with E-state index in [0.29, 0.717) is 6.54 Å². The Morgan fingerprint density at radius 3 is 2.80 bits per heavy atom. The number of hydrogen-bond acceptors (Lipinski definition) is 3. The number of rotatable bonds is 4. The Kier molecular flexibility index (Phi) is 3.83. The summed E-state index contributed by atoms with van der Waals surface area (Å²) in [5.74, 6) is 0. The lowest BCUT2D eigenvalue weighted by Gasteiger charge is -2.26. The molecule has 0 aliphatic carbocycles. The number of alkyl carbamates (subject to hydrolysis) is 1. The number of nitrogens with zero attached hydrogens (tertiary/aromatic N) is 1. The van der Waals surface area contributed by atoms with Crippen molar-refractivity contribution in [3.63, 3.8) is 0 Å². The molecule has 2 rings (SSSR count). The Bertz CT molecular complexity index is 215. The zero-order valence-corrected chi connectivity index (χ0v) is 9.21. The molecular weight excluding hydrogens is 192 g/mol. The van der Waals surface area contributed by atoms with Crippen LogP contribution in [0.5, 0.6) is 0 Å². The molecule has 1 atom stereocenters. The molecule has 0 aromatic rings. The fourth-order valence-corrected chi connectivity index (χ4v) is 2.32. The van der Waals surface area contributed by atoms with Crippen molar-refractivity contribution in [2.75, 3.05) is 26.2 Å². The lowest BCUT2D eigenvalue weighted by atomic mass is 10.1. The van der Waals surface area contributed by atoms with E-state index in [9.17, 15) is 4.79 Å². The second kappa shape index (κ2) is 5.35. The molecule has 1 N–H and O–H groups in total. The molecule has 2 aliphatic rings. The lowest BCUT2D eigenvalue weighted by molar-refractivity contribution is 0.130. The molecule has 1 unspecified atom stereocenters. The van der Waals surface area contributed by atoms with Crippen LogP contribution in [-0.2, 0) is 4.74 Å². The zero-order chi connectivity index (χ0) is 10.5. The summed E-state index contributed by atoms with van der Waals surface area (Å²) in [6.45, 7) is 4.36. The van der Waals surface area contributed by atoms with Crippen LogP contribution in [0.1, 0.15) is 32.1 Å². The van der Waals surface area contributed by atoms with E-state index in [4.69, 9.17) is 4.74 Å². The van der Waals surface area contributed by atoms with Crippen molar-refractivity contribution >= 4 is 6.09 Å². The Morgan fingerprint density at radius 2 is 2.13 bits per heavy atom. The van der Waals surface area contributed by atoms with Gasteiger partial charge in [0.15, 0.2) is 0 Å². The fourth-order valence-electron chi connectivity index (χ4n) is 2.32. The van der Waals surface area contributed by atoms with Crippen LogP contribution in [0.3, 0.4) is 0 Å². The topological polar surface area (TPSA) is 41.6 Å². The summed E-state index contributed by atoms with van der Waals surface area (Å²) >= 11 is 0. The maximum Gasteiger partial charge on any atom is 0.407 e. The number of ether oxygens (including phenoxy) is 1. The van der Waals surface area contributed by atoms with Crippen LogP contribution in [0, 0.1) is 0 Å². The third-order valence-electron chi connectivity index (χ3n) is 3.20. The van der Waals surface area contributed by atoms with Gasteiger partial charge in [0.25, 0.3) is 0 Å². The first-order valence-corrected chi connectivity index (χ1v) is 6.01. The monoisotopic (exact) mass is 212 g/mol. The first kappa shape index (κ1) is 10.7. The number of nitrogens with one attached hydrogen (secondary N) is 1. The molecule has 0 aromatic carbocycles. The maximum absolute atomic E-state index is 10.8. The summed E-state index contributed by atoms with van der Waals surface area (Å²) in [6.07, 6.45) is 6.08. The second-order valence-electron chi connectivity index (χ2n) is 4.45. The van der Waals surface area contributed by atoms with Gasteiger partial charge in [-0.2, -0.15) is 0 Å². The standard InChI is InChI=1S/C11H20N2O2/c14-11-12-9-10(15-11)5-4-8-13-6-2-1-3-7-13/h10H,1-9H2,(H,12,14). The Hall–Kier alpha value is -0.770. The number of carbonyl (C=O) groups excluding carboxylic acids is 1. The van der Waals surface area contributed by atoms with Gasteiger partial charge in [-0.15, -0.1) is 0 Å². The van der Waals surface area contributed by atoms with E-state index in [1.54, 1.807) is 0 Å². The second-order valence-corrected chi connectivity index (χ2v) is 4.45. The van der Waals surface area contributed by atoms with Gasteiger partial charge in [-0.3, -0.25) is 0 Å². The van der Waals surface area contributed by atoms with Crippen LogP contribution >= 0.6 is 0 Å². The molecule has 0 spiro atoms. The predicted octanol–water partition coefficient (Wildman–Crippen LogP) is 1.36. The van der Waals surface area contributed by atoms with Crippen LogP contribution in [-0.4, -0.2) is 43.3 Å². The normalized spacial score (nSPS) is 27.5. The van der Waals surface area contributed by atoms with Gasteiger partial charge in [0.05, 0.1) is 6.54 Å². The molecule has 2 fully saturated rings. The van der Waals surface area contributed by atoms with Crippen molar-refractivity contribution < 1.29 is 9.53 Å². The van der Waals surface area contributed by atoms with Crippen molar-refractivity contribution in [3.8, 4) is 0 Å². The van der Waals surface area contributed by atoms with Crippen LogP contribution in [0.2, 0.25) is 0 Å². The highest BCUT2D eigenvalue weighted by Gasteiger charge is 2.22. The number of hydrogen-bond donors (Lipinski definition) is 1. The molecule has 0 bridgehead atoms. The van der Waals surface area contributed by atoms with E-state index in [1.165, 1.54) is 32.4 Å². The smallest absolute Gasteiger partial charge is 0.407 e. The van der Waals surface area contributed by atoms with Gasteiger partial charge in [-0.1, -0.05) is 6.42 Å². The first-order valence-electron chi connectivity index (χ1n) is 6.01. The Labute approximate surface area is 91.0 Å². The molecule has 0 radical (unpaired) electrons.